The van der Waals surface area contributed by atoms with Crippen molar-refractivity contribution in [2.24, 2.45) is 11.3 Å². The van der Waals surface area contributed by atoms with E-state index < -0.39 is 18.2 Å². The highest BCUT2D eigenvalue weighted by atomic mass is 16.7. The molecule has 2 saturated heterocycles. The molecule has 0 aromatic heterocycles. The number of hydrogen-bond donors (Lipinski definition) is 2. The zero-order valence-corrected chi connectivity index (χ0v) is 21.6. The highest BCUT2D eigenvalue weighted by molar-refractivity contribution is 5.70. The molecule has 0 aliphatic carbocycles. The number of carbonyl (C=O) groups excluding carboxylic acids is 1. The Kier molecular flexibility index (Phi) is 11.2. The molecule has 1 unspecified atom stereocenters. The molecule has 4 bridgehead atoms. The Labute approximate surface area is 210 Å². The molecule has 0 amide bonds. The summed E-state index contributed by atoms with van der Waals surface area (Å²) in [6, 6.07) is 0. The summed E-state index contributed by atoms with van der Waals surface area (Å²) >= 11 is 0. The monoisotopic (exact) mass is 494 g/mol. The van der Waals surface area contributed by atoms with Crippen molar-refractivity contribution < 1.29 is 34.0 Å². The van der Waals surface area contributed by atoms with Gasteiger partial charge in [-0.1, -0.05) is 26.0 Å². The molecule has 35 heavy (non-hydrogen) atoms. The summed E-state index contributed by atoms with van der Waals surface area (Å²) in [6.07, 6.45) is 12.6. The highest BCUT2D eigenvalue weighted by Gasteiger charge is 2.32. The Morgan fingerprint density at radius 2 is 1.77 bits per heavy atom. The second-order valence-corrected chi connectivity index (χ2v) is 11.1. The number of ether oxygens (including phenoxy) is 4. The molecule has 7 atom stereocenters. The van der Waals surface area contributed by atoms with Crippen molar-refractivity contribution in [3.8, 4) is 0 Å². The van der Waals surface area contributed by atoms with E-state index in [0.29, 0.717) is 25.4 Å². The lowest BCUT2D eigenvalue weighted by Gasteiger charge is -2.36. The third-order valence-corrected chi connectivity index (χ3v) is 7.72. The van der Waals surface area contributed by atoms with E-state index in [1.54, 1.807) is 0 Å². The van der Waals surface area contributed by atoms with Crippen LogP contribution in [0.4, 0.5) is 0 Å². The number of aliphatic hydroxyl groups excluding tert-OH is 2. The highest BCUT2D eigenvalue weighted by Crippen LogP contribution is 2.36. The molecule has 0 saturated carbocycles. The molecule has 7 heteroatoms. The van der Waals surface area contributed by atoms with Crippen LogP contribution < -0.4 is 0 Å². The third kappa shape index (κ3) is 9.29. The van der Waals surface area contributed by atoms with Crippen molar-refractivity contribution in [3.05, 3.63) is 24.8 Å². The topological polar surface area (TPSA) is 94.5 Å². The second-order valence-electron chi connectivity index (χ2n) is 11.1. The van der Waals surface area contributed by atoms with Crippen LogP contribution in [0.25, 0.3) is 0 Å². The van der Waals surface area contributed by atoms with Gasteiger partial charge in [0.1, 0.15) is 6.10 Å². The van der Waals surface area contributed by atoms with Gasteiger partial charge in [0.25, 0.3) is 0 Å². The maximum Gasteiger partial charge on any atom is 0.308 e. The number of allylic oxidation sites excluding steroid dienone is 2. The van der Waals surface area contributed by atoms with Crippen LogP contribution in [0.3, 0.4) is 0 Å². The molecule has 3 aliphatic rings. The fourth-order valence-corrected chi connectivity index (χ4v) is 5.56. The lowest BCUT2D eigenvalue weighted by atomic mass is 9.74. The fourth-order valence-electron chi connectivity index (χ4n) is 5.56. The Hall–Kier alpha value is -1.25. The summed E-state index contributed by atoms with van der Waals surface area (Å²) in [6.45, 7) is 8.81. The normalized spacial score (nSPS) is 38.6. The molecule has 3 rings (SSSR count). The minimum atomic E-state index is -0.817. The molecule has 2 N–H and O–H groups in total. The molecule has 2 fully saturated rings. The standard InChI is InChI=1S/C28H46O7/c1-4-7-20-8-5-11-25(19-29)34-26(31)17-21(30)16-22-9-6-10-23(33-22)18-24-13-15-32-27(35-24)12-14-28(20,2)3/h4,12,14,20-25,27,29-30H,1,5-11,13,15-19H2,2-3H3/b14-12+/t20?,21-,22+,23-,24+,25-,27+/m1/s1. The largest absolute Gasteiger partial charge is 0.460 e. The van der Waals surface area contributed by atoms with E-state index in [1.165, 1.54) is 0 Å². The zero-order valence-electron chi connectivity index (χ0n) is 21.6. The quantitative estimate of drug-likeness (QED) is 0.442. The van der Waals surface area contributed by atoms with Gasteiger partial charge in [-0.2, -0.15) is 0 Å². The van der Waals surface area contributed by atoms with Crippen LogP contribution in [0.5, 0.6) is 0 Å². The first kappa shape index (κ1) is 28.3. The lowest BCUT2D eigenvalue weighted by molar-refractivity contribution is -0.199. The van der Waals surface area contributed by atoms with E-state index in [0.717, 1.165) is 51.4 Å². The molecule has 0 aromatic rings. The maximum atomic E-state index is 12.4. The molecule has 3 heterocycles. The smallest absolute Gasteiger partial charge is 0.308 e. The van der Waals surface area contributed by atoms with Gasteiger partial charge in [0, 0.05) is 6.42 Å². The summed E-state index contributed by atoms with van der Waals surface area (Å²) < 4.78 is 23.9. The van der Waals surface area contributed by atoms with Gasteiger partial charge in [0.15, 0.2) is 6.29 Å². The van der Waals surface area contributed by atoms with Crippen LogP contribution in [0.1, 0.15) is 84.5 Å². The second kappa shape index (κ2) is 13.9. The number of esters is 1. The summed E-state index contributed by atoms with van der Waals surface area (Å²) in [7, 11) is 0. The lowest BCUT2D eigenvalue weighted by Crippen LogP contribution is -2.38. The van der Waals surface area contributed by atoms with E-state index in [1.807, 2.05) is 12.2 Å². The number of hydrogen-bond acceptors (Lipinski definition) is 7. The molecular weight excluding hydrogens is 448 g/mol. The number of cyclic esters (lactones) is 1. The van der Waals surface area contributed by atoms with E-state index in [4.69, 9.17) is 18.9 Å². The first-order chi connectivity index (χ1) is 16.8. The van der Waals surface area contributed by atoms with Gasteiger partial charge in [0.2, 0.25) is 0 Å². The van der Waals surface area contributed by atoms with Crippen molar-refractivity contribution >= 4 is 5.97 Å². The van der Waals surface area contributed by atoms with Crippen LogP contribution >= 0.6 is 0 Å². The number of fused-ring (bicyclic) bond motifs is 4. The van der Waals surface area contributed by atoms with Crippen LogP contribution in [0.15, 0.2) is 24.8 Å². The van der Waals surface area contributed by atoms with Gasteiger partial charge in [-0.05, 0) is 75.2 Å². The Bertz CT molecular complexity index is 691. The molecular formula is C28H46O7. The van der Waals surface area contributed by atoms with Crippen molar-refractivity contribution in [2.45, 2.75) is 121 Å². The van der Waals surface area contributed by atoms with Crippen LogP contribution in [0, 0.1) is 11.3 Å². The van der Waals surface area contributed by atoms with Gasteiger partial charge in [-0.3, -0.25) is 4.79 Å². The molecule has 7 nitrogen and oxygen atoms in total. The van der Waals surface area contributed by atoms with Crippen LogP contribution in [-0.4, -0.2) is 66.2 Å². The molecule has 3 aliphatic heterocycles. The van der Waals surface area contributed by atoms with Crippen molar-refractivity contribution in [3.63, 3.8) is 0 Å². The molecule has 200 valence electrons. The summed E-state index contributed by atoms with van der Waals surface area (Å²) in [5.74, 6) is -0.128. The maximum absolute atomic E-state index is 12.4. The van der Waals surface area contributed by atoms with Gasteiger partial charge < -0.3 is 29.2 Å². The Morgan fingerprint density at radius 3 is 2.51 bits per heavy atom. The van der Waals surface area contributed by atoms with Crippen molar-refractivity contribution in [1.82, 2.24) is 0 Å². The average Bonchev–Trinajstić information content (AvgIpc) is 2.81. The van der Waals surface area contributed by atoms with Gasteiger partial charge in [0.05, 0.1) is 44.1 Å². The Balaban J connectivity index is 1.74. The third-order valence-electron chi connectivity index (χ3n) is 7.72. The van der Waals surface area contributed by atoms with Crippen LogP contribution in [0.2, 0.25) is 0 Å². The minimum absolute atomic E-state index is 0.0751. The van der Waals surface area contributed by atoms with E-state index >= 15 is 0 Å². The van der Waals surface area contributed by atoms with Crippen molar-refractivity contribution in [1.29, 1.82) is 0 Å². The molecule has 0 spiro atoms. The SMILES string of the molecule is C=CCC1CCC[C@H](CO)OC(=O)C[C@H](O)C[C@@H]2CCC[C@H](C[C@@H]3CCO[C@H](/C=C/C1(C)C)O3)O2. The number of carbonyl (C=O) groups is 1. The summed E-state index contributed by atoms with van der Waals surface area (Å²) in [4.78, 5) is 12.4. The average molecular weight is 495 g/mol. The van der Waals surface area contributed by atoms with Crippen LogP contribution in [-0.2, 0) is 23.7 Å². The predicted octanol–water partition coefficient (Wildman–Crippen LogP) is 4.45. The van der Waals surface area contributed by atoms with E-state index in [2.05, 4.69) is 26.5 Å². The molecule has 0 aromatic carbocycles. The first-order valence-corrected chi connectivity index (χ1v) is 13.5. The number of rotatable bonds is 3. The van der Waals surface area contributed by atoms with E-state index in [-0.39, 0.29) is 43.0 Å². The van der Waals surface area contributed by atoms with Gasteiger partial charge in [-0.15, -0.1) is 6.58 Å². The number of aliphatic hydroxyl groups is 2. The fraction of sp³-hybridized carbons (Fsp3) is 0.821. The Morgan fingerprint density at radius 1 is 1.06 bits per heavy atom. The molecule has 0 radical (unpaired) electrons. The summed E-state index contributed by atoms with van der Waals surface area (Å²) in [5, 5.41) is 20.2. The first-order valence-electron chi connectivity index (χ1n) is 13.5. The summed E-state index contributed by atoms with van der Waals surface area (Å²) in [5.41, 5.74) is -0.107. The zero-order chi connectivity index (χ0) is 25.3. The van der Waals surface area contributed by atoms with E-state index in [9.17, 15) is 15.0 Å². The van der Waals surface area contributed by atoms with Gasteiger partial charge in [-0.25, -0.2) is 0 Å². The van der Waals surface area contributed by atoms with Gasteiger partial charge >= 0.3 is 5.97 Å². The predicted molar refractivity (Wildman–Crippen MR) is 134 cm³/mol. The van der Waals surface area contributed by atoms with Crippen molar-refractivity contribution in [2.75, 3.05) is 13.2 Å². The minimum Gasteiger partial charge on any atom is -0.460 e.